The molecule has 3 aliphatic rings. The summed E-state index contributed by atoms with van der Waals surface area (Å²) in [7, 11) is 0. The van der Waals surface area contributed by atoms with Crippen LogP contribution in [0.1, 0.15) is 130 Å². The molecule has 2 saturated heterocycles. The Kier molecular flexibility index (Phi) is 15.7. The summed E-state index contributed by atoms with van der Waals surface area (Å²) in [5.74, 6) is 1.19. The molecule has 2 amide bonds. The maximum absolute atomic E-state index is 12.7. The molecule has 0 radical (unpaired) electrons. The van der Waals surface area contributed by atoms with E-state index in [1.165, 1.54) is 50.8 Å². The van der Waals surface area contributed by atoms with E-state index in [0.29, 0.717) is 46.4 Å². The Morgan fingerprint density at radius 1 is 0.706 bits per heavy atom. The molecule has 0 aromatic carbocycles. The molecule has 12 heteroatoms. The average molecular weight is 748 g/mol. The van der Waals surface area contributed by atoms with Crippen molar-refractivity contribution in [2.24, 2.45) is 17.8 Å². The third-order valence-electron chi connectivity index (χ3n) is 10.9. The smallest absolute Gasteiger partial charge is 0.263 e. The van der Waals surface area contributed by atoms with Crippen molar-refractivity contribution in [2.45, 2.75) is 111 Å². The molecule has 2 aliphatic heterocycles. The number of nitrogens with zero attached hydrogens (tertiary/aromatic N) is 3. The van der Waals surface area contributed by atoms with Crippen LogP contribution < -0.4 is 27.1 Å². The van der Waals surface area contributed by atoms with E-state index < -0.39 is 0 Å². The summed E-state index contributed by atoms with van der Waals surface area (Å²) in [6, 6.07) is 2.92. The number of halogens is 2. The Balaban J connectivity index is 0.000000238. The summed E-state index contributed by atoms with van der Waals surface area (Å²) in [6.45, 7) is 17.9. The number of piperidine rings is 2. The molecule has 3 N–H and O–H groups in total. The number of carbonyl (C=O) groups is 2. The molecule has 1 aliphatic carbocycles. The van der Waals surface area contributed by atoms with Gasteiger partial charge in [0.05, 0.1) is 10.0 Å². The lowest BCUT2D eigenvalue weighted by molar-refractivity contribution is 0.0925. The van der Waals surface area contributed by atoms with Gasteiger partial charge in [-0.1, -0.05) is 42.5 Å². The highest BCUT2D eigenvalue weighted by molar-refractivity contribution is 6.31. The van der Waals surface area contributed by atoms with Gasteiger partial charge < -0.3 is 30.0 Å². The molecule has 3 fully saturated rings. The molecule has 0 atom stereocenters. The van der Waals surface area contributed by atoms with Crippen LogP contribution in [0.4, 0.5) is 0 Å². The van der Waals surface area contributed by atoms with E-state index in [1.54, 1.807) is 16.1 Å². The Bertz CT molecular complexity index is 1600. The largest absolute Gasteiger partial charge is 0.352 e. The van der Waals surface area contributed by atoms with E-state index in [2.05, 4.69) is 20.9 Å². The fourth-order valence-corrected chi connectivity index (χ4v) is 8.21. The van der Waals surface area contributed by atoms with Gasteiger partial charge in [0.25, 0.3) is 22.9 Å². The zero-order valence-corrected chi connectivity index (χ0v) is 33.1. The first-order valence-electron chi connectivity index (χ1n) is 19.1. The molecule has 5 rings (SSSR count). The first-order chi connectivity index (χ1) is 24.3. The number of hydrogen-bond donors (Lipinski definition) is 3. The van der Waals surface area contributed by atoms with Gasteiger partial charge in [-0.25, -0.2) is 0 Å². The Morgan fingerprint density at radius 3 is 1.57 bits per heavy atom. The fraction of sp³-hybridized carbons (Fsp3) is 0.692. The van der Waals surface area contributed by atoms with Crippen LogP contribution >= 0.6 is 23.2 Å². The summed E-state index contributed by atoms with van der Waals surface area (Å²) >= 11 is 12.5. The Morgan fingerprint density at radius 2 is 1.14 bits per heavy atom. The second-order valence-corrected chi connectivity index (χ2v) is 16.2. The molecule has 2 aromatic rings. The van der Waals surface area contributed by atoms with Crippen molar-refractivity contribution in [3.05, 3.63) is 65.4 Å². The number of aromatic nitrogens is 2. The van der Waals surface area contributed by atoms with E-state index in [1.807, 2.05) is 34.6 Å². The highest BCUT2D eigenvalue weighted by Gasteiger charge is 2.25. The molecule has 51 heavy (non-hydrogen) atoms. The number of amides is 2. The van der Waals surface area contributed by atoms with Crippen LogP contribution in [0.15, 0.2) is 21.7 Å². The van der Waals surface area contributed by atoms with Gasteiger partial charge in [-0.2, -0.15) is 0 Å². The number of hydrogen-bond acceptors (Lipinski definition) is 6. The molecular weight excluding hydrogens is 687 g/mol. The number of pyridine rings is 2. The van der Waals surface area contributed by atoms with Gasteiger partial charge in [0.15, 0.2) is 0 Å². The van der Waals surface area contributed by atoms with Crippen LogP contribution in [-0.2, 0) is 0 Å². The van der Waals surface area contributed by atoms with Gasteiger partial charge in [-0.15, -0.1) is 0 Å². The number of nitrogens with one attached hydrogen (secondary N) is 3. The van der Waals surface area contributed by atoms with E-state index in [9.17, 15) is 19.2 Å². The minimum absolute atomic E-state index is 0.0397. The van der Waals surface area contributed by atoms with E-state index in [4.69, 9.17) is 23.2 Å². The van der Waals surface area contributed by atoms with Gasteiger partial charge in [0.2, 0.25) is 0 Å². The molecule has 4 heterocycles. The number of likely N-dealkylation sites (tertiary alicyclic amines) is 1. The Labute approximate surface area is 314 Å². The highest BCUT2D eigenvalue weighted by atomic mass is 35.5. The van der Waals surface area contributed by atoms with Gasteiger partial charge in [0.1, 0.15) is 11.1 Å². The first kappa shape index (κ1) is 41.1. The predicted octanol–water partition coefficient (Wildman–Crippen LogP) is 6.53. The van der Waals surface area contributed by atoms with E-state index in [0.717, 1.165) is 57.8 Å². The van der Waals surface area contributed by atoms with Crippen molar-refractivity contribution in [1.29, 1.82) is 0 Å². The normalized spacial score (nSPS) is 18.1. The van der Waals surface area contributed by atoms with Crippen molar-refractivity contribution in [3.8, 4) is 0 Å². The summed E-state index contributed by atoms with van der Waals surface area (Å²) in [5, 5.41) is 10.1. The minimum atomic E-state index is -0.333. The summed E-state index contributed by atoms with van der Waals surface area (Å²) in [4.78, 5) is 52.9. The van der Waals surface area contributed by atoms with Crippen molar-refractivity contribution in [3.63, 3.8) is 0 Å². The first-order valence-corrected chi connectivity index (χ1v) is 19.9. The van der Waals surface area contributed by atoms with Crippen molar-refractivity contribution in [2.75, 3.05) is 45.8 Å². The van der Waals surface area contributed by atoms with Gasteiger partial charge in [-0.3, -0.25) is 19.2 Å². The fourth-order valence-electron chi connectivity index (χ4n) is 7.81. The molecule has 284 valence electrons. The lowest BCUT2D eigenvalue weighted by atomic mass is 9.88. The standard InChI is InChI=1S/C23H36ClN3O2.C16H24ClN3O2/c1-16(2)27-17(3)21(24)13-20(23(27)29)22(28)25-14-18-9-11-26(12-10-18)15-19-7-5-4-6-8-19;1-10(2)20-11(3)14(17)8-13(16(20)22)15(21)19-9-12-4-6-18-7-5-12/h13,16,18-19H,4-12,14-15H2,1-3H3,(H,25,28);8,10,12,18H,4-7,9H2,1-3H3,(H,19,21). The SMILES string of the molecule is Cc1c(Cl)cc(C(=O)NCC2CCN(CC3CCCCC3)CC2)c(=O)n1C(C)C.Cc1c(Cl)cc(C(=O)NCC2CCNCC2)c(=O)n1C(C)C. The predicted molar refractivity (Wildman–Crippen MR) is 208 cm³/mol. The summed E-state index contributed by atoms with van der Waals surface area (Å²) in [6.07, 6.45) is 11.3. The van der Waals surface area contributed by atoms with E-state index in [-0.39, 0.29) is 46.1 Å². The topological polar surface area (TPSA) is 117 Å². The monoisotopic (exact) mass is 746 g/mol. The molecule has 10 nitrogen and oxygen atoms in total. The molecular formula is C39H60Cl2N6O4. The zero-order chi connectivity index (χ0) is 37.2. The Hall–Kier alpha value is -2.66. The van der Waals surface area contributed by atoms with Crippen LogP contribution in [0, 0.1) is 31.6 Å². The van der Waals surface area contributed by atoms with Crippen LogP contribution in [-0.4, -0.2) is 71.7 Å². The minimum Gasteiger partial charge on any atom is -0.352 e. The van der Waals surface area contributed by atoms with Crippen LogP contribution in [0.25, 0.3) is 0 Å². The van der Waals surface area contributed by atoms with E-state index >= 15 is 0 Å². The number of carbonyl (C=O) groups excluding carboxylic acids is 2. The lowest BCUT2D eigenvalue weighted by Gasteiger charge is -2.35. The van der Waals surface area contributed by atoms with Gasteiger partial charge >= 0.3 is 0 Å². The highest BCUT2D eigenvalue weighted by Crippen LogP contribution is 2.26. The maximum Gasteiger partial charge on any atom is 0.263 e. The molecule has 0 spiro atoms. The van der Waals surface area contributed by atoms with Crippen LogP contribution in [0.3, 0.4) is 0 Å². The molecule has 0 bridgehead atoms. The van der Waals surface area contributed by atoms with Crippen LogP contribution in [0.5, 0.6) is 0 Å². The third kappa shape index (κ3) is 11.2. The number of rotatable bonds is 10. The lowest BCUT2D eigenvalue weighted by Crippen LogP contribution is -2.42. The average Bonchev–Trinajstić information content (AvgIpc) is 3.11. The molecule has 1 saturated carbocycles. The molecule has 0 unspecified atom stereocenters. The maximum atomic E-state index is 12.7. The van der Waals surface area contributed by atoms with Gasteiger partial charge in [-0.05, 0) is 136 Å². The zero-order valence-electron chi connectivity index (χ0n) is 31.6. The second kappa shape index (κ2) is 19.4. The quantitative estimate of drug-likeness (QED) is 0.255. The van der Waals surface area contributed by atoms with Crippen molar-refractivity contribution in [1.82, 2.24) is 30.0 Å². The van der Waals surface area contributed by atoms with Crippen molar-refractivity contribution < 1.29 is 9.59 Å². The van der Waals surface area contributed by atoms with Crippen LogP contribution in [0.2, 0.25) is 10.0 Å². The third-order valence-corrected chi connectivity index (χ3v) is 11.7. The summed E-state index contributed by atoms with van der Waals surface area (Å²) < 4.78 is 3.17. The second-order valence-electron chi connectivity index (χ2n) is 15.4. The summed E-state index contributed by atoms with van der Waals surface area (Å²) in [5.41, 5.74) is 1.12. The molecule has 2 aromatic heterocycles. The van der Waals surface area contributed by atoms with Gasteiger partial charge in [0, 0.05) is 43.1 Å². The van der Waals surface area contributed by atoms with Crippen molar-refractivity contribution >= 4 is 35.0 Å².